The van der Waals surface area contributed by atoms with Gasteiger partial charge in [-0.2, -0.15) is 0 Å². The van der Waals surface area contributed by atoms with Gasteiger partial charge in [0.2, 0.25) is 0 Å². The van der Waals surface area contributed by atoms with E-state index in [0.717, 1.165) is 6.42 Å². The van der Waals surface area contributed by atoms with E-state index in [1.807, 2.05) is 26.8 Å². The lowest BCUT2D eigenvalue weighted by atomic mass is 10.2. The lowest BCUT2D eigenvalue weighted by molar-refractivity contribution is 0.886. The van der Waals surface area contributed by atoms with Gasteiger partial charge in [0.25, 0.3) is 0 Å². The topological polar surface area (TPSA) is 0 Å². The standard InChI is InChI=1S/C7H12.C4H10.C2H6/c1-4-7(5-2)6-3;1-3-4-2;1-2/h4-5H,1,6H2,2-3H3;3-4H2,1-2H3;1-2H3/b7-5-;;. The summed E-state index contributed by atoms with van der Waals surface area (Å²) in [4.78, 5) is 0. The monoisotopic (exact) mass is 184 g/mol. The van der Waals surface area contributed by atoms with Crippen LogP contribution in [0.25, 0.3) is 0 Å². The summed E-state index contributed by atoms with van der Waals surface area (Å²) < 4.78 is 0. The lowest BCUT2D eigenvalue weighted by Crippen LogP contribution is -1.67. The van der Waals surface area contributed by atoms with E-state index in [2.05, 4.69) is 33.4 Å². The highest BCUT2D eigenvalue weighted by atomic mass is 13.8. The summed E-state index contributed by atoms with van der Waals surface area (Å²) in [6, 6.07) is 0. The molecule has 0 nitrogen and oxygen atoms in total. The molecular formula is C13H28. The summed E-state index contributed by atoms with van der Waals surface area (Å²) in [6.45, 7) is 16.1. The molecule has 0 aromatic rings. The van der Waals surface area contributed by atoms with Gasteiger partial charge in [-0.15, -0.1) is 0 Å². The minimum absolute atomic E-state index is 1.10. The maximum atomic E-state index is 3.63. The van der Waals surface area contributed by atoms with Crippen LogP contribution in [0.5, 0.6) is 0 Å². The summed E-state index contributed by atoms with van der Waals surface area (Å²) in [5.74, 6) is 0. The Morgan fingerprint density at radius 2 is 1.46 bits per heavy atom. The zero-order valence-electron chi connectivity index (χ0n) is 10.5. The second-order valence-electron chi connectivity index (χ2n) is 2.42. The van der Waals surface area contributed by atoms with Crippen molar-refractivity contribution in [1.29, 1.82) is 0 Å². The number of unbranched alkanes of at least 4 members (excludes halogenated alkanes) is 1. The Bertz CT molecular complexity index is 96.6. The molecule has 0 aromatic carbocycles. The van der Waals surface area contributed by atoms with Gasteiger partial charge in [0.05, 0.1) is 0 Å². The molecule has 0 heteroatoms. The molecule has 80 valence electrons. The Balaban J connectivity index is -0.000000142. The van der Waals surface area contributed by atoms with Crippen LogP contribution in [-0.2, 0) is 0 Å². The fraction of sp³-hybridized carbons (Fsp3) is 0.692. The van der Waals surface area contributed by atoms with E-state index in [1.54, 1.807) is 0 Å². The first-order valence-electron chi connectivity index (χ1n) is 5.54. The summed E-state index contributed by atoms with van der Waals surface area (Å²) in [5, 5.41) is 0. The quantitative estimate of drug-likeness (QED) is 0.518. The molecular weight excluding hydrogens is 156 g/mol. The van der Waals surface area contributed by atoms with Crippen molar-refractivity contribution in [3.05, 3.63) is 24.3 Å². The van der Waals surface area contributed by atoms with E-state index in [9.17, 15) is 0 Å². The van der Waals surface area contributed by atoms with Gasteiger partial charge in [-0.25, -0.2) is 0 Å². The molecule has 0 unspecified atom stereocenters. The van der Waals surface area contributed by atoms with Crippen LogP contribution in [0.3, 0.4) is 0 Å². The largest absolute Gasteiger partial charge is 0.0988 e. The van der Waals surface area contributed by atoms with Crippen molar-refractivity contribution < 1.29 is 0 Å². The third-order valence-corrected chi connectivity index (χ3v) is 1.54. The van der Waals surface area contributed by atoms with Crippen molar-refractivity contribution in [2.75, 3.05) is 0 Å². The number of rotatable bonds is 3. The number of hydrogen-bond acceptors (Lipinski definition) is 0. The molecule has 0 saturated carbocycles. The van der Waals surface area contributed by atoms with Crippen molar-refractivity contribution in [3.8, 4) is 0 Å². The summed E-state index contributed by atoms with van der Waals surface area (Å²) >= 11 is 0. The van der Waals surface area contributed by atoms with Crippen LogP contribution >= 0.6 is 0 Å². The molecule has 0 aliphatic heterocycles. The highest BCUT2D eigenvalue weighted by Gasteiger charge is 1.77. The third kappa shape index (κ3) is 24.6. The predicted octanol–water partition coefficient (Wildman–Crippen LogP) is 5.36. The Kier molecular flexibility index (Phi) is 31.7. The van der Waals surface area contributed by atoms with Gasteiger partial charge in [-0.3, -0.25) is 0 Å². The highest BCUT2D eigenvalue weighted by Crippen LogP contribution is 1.98. The molecule has 0 aromatic heterocycles. The van der Waals surface area contributed by atoms with E-state index in [4.69, 9.17) is 0 Å². The van der Waals surface area contributed by atoms with Crippen molar-refractivity contribution in [3.63, 3.8) is 0 Å². The van der Waals surface area contributed by atoms with Crippen molar-refractivity contribution in [2.45, 2.75) is 60.8 Å². The fourth-order valence-electron chi connectivity index (χ4n) is 0.466. The molecule has 0 fully saturated rings. The first-order valence-corrected chi connectivity index (χ1v) is 5.54. The molecule has 0 saturated heterocycles. The molecule has 0 bridgehead atoms. The van der Waals surface area contributed by atoms with Gasteiger partial charge >= 0.3 is 0 Å². The second kappa shape index (κ2) is 22.5. The van der Waals surface area contributed by atoms with E-state index >= 15 is 0 Å². The molecule has 0 spiro atoms. The van der Waals surface area contributed by atoms with E-state index in [0.29, 0.717) is 0 Å². The smallest absolute Gasteiger partial charge is 0.0311 e. The number of hydrogen-bond donors (Lipinski definition) is 0. The van der Waals surface area contributed by atoms with Crippen LogP contribution in [0, 0.1) is 0 Å². The van der Waals surface area contributed by atoms with Gasteiger partial charge in [0, 0.05) is 0 Å². The first kappa shape index (κ1) is 18.3. The zero-order valence-corrected chi connectivity index (χ0v) is 10.5. The van der Waals surface area contributed by atoms with Crippen molar-refractivity contribution in [2.24, 2.45) is 0 Å². The van der Waals surface area contributed by atoms with Gasteiger partial charge in [0.15, 0.2) is 0 Å². The summed E-state index contributed by atoms with van der Waals surface area (Å²) in [5.41, 5.74) is 1.32. The first-order chi connectivity index (χ1) is 6.26. The predicted molar refractivity (Wildman–Crippen MR) is 66.2 cm³/mol. The zero-order chi connectivity index (χ0) is 11.1. The molecule has 0 aliphatic rings. The van der Waals surface area contributed by atoms with Gasteiger partial charge in [0.1, 0.15) is 0 Å². The molecule has 0 N–H and O–H groups in total. The average Bonchev–Trinajstić information content (AvgIpc) is 2.24. The normalized spacial score (nSPS) is 8.92. The Hall–Kier alpha value is -0.520. The molecule has 13 heavy (non-hydrogen) atoms. The molecule has 0 radical (unpaired) electrons. The van der Waals surface area contributed by atoms with Gasteiger partial charge in [-0.05, 0) is 13.3 Å². The van der Waals surface area contributed by atoms with Gasteiger partial charge in [-0.1, -0.05) is 71.8 Å². The maximum absolute atomic E-state index is 3.63. The van der Waals surface area contributed by atoms with Gasteiger partial charge < -0.3 is 0 Å². The minimum atomic E-state index is 1.10. The van der Waals surface area contributed by atoms with Crippen molar-refractivity contribution >= 4 is 0 Å². The minimum Gasteiger partial charge on any atom is -0.0988 e. The van der Waals surface area contributed by atoms with Crippen LogP contribution in [0.1, 0.15) is 60.8 Å². The highest BCUT2D eigenvalue weighted by molar-refractivity contribution is 5.13. The van der Waals surface area contributed by atoms with Crippen LogP contribution in [-0.4, -0.2) is 0 Å². The van der Waals surface area contributed by atoms with E-state index in [1.165, 1.54) is 18.4 Å². The van der Waals surface area contributed by atoms with Crippen LogP contribution in [0.15, 0.2) is 24.3 Å². The van der Waals surface area contributed by atoms with Crippen molar-refractivity contribution in [1.82, 2.24) is 0 Å². The average molecular weight is 184 g/mol. The summed E-state index contributed by atoms with van der Waals surface area (Å²) in [7, 11) is 0. The maximum Gasteiger partial charge on any atom is -0.0311 e. The third-order valence-electron chi connectivity index (χ3n) is 1.54. The Morgan fingerprint density at radius 1 is 1.08 bits per heavy atom. The molecule has 0 amide bonds. The van der Waals surface area contributed by atoms with E-state index < -0.39 is 0 Å². The van der Waals surface area contributed by atoms with Crippen LogP contribution < -0.4 is 0 Å². The number of allylic oxidation sites excluding steroid dienone is 3. The Morgan fingerprint density at radius 3 is 1.46 bits per heavy atom. The van der Waals surface area contributed by atoms with E-state index in [-0.39, 0.29) is 0 Å². The lowest BCUT2D eigenvalue weighted by Gasteiger charge is -1.88. The van der Waals surface area contributed by atoms with Crippen LogP contribution in [0.4, 0.5) is 0 Å². The summed E-state index contributed by atoms with van der Waals surface area (Å²) in [6.07, 6.45) is 7.70. The Labute approximate surface area is 85.8 Å². The second-order valence-corrected chi connectivity index (χ2v) is 2.42. The van der Waals surface area contributed by atoms with Crippen LogP contribution in [0.2, 0.25) is 0 Å². The SMILES string of the molecule is C=C/C(=C/C)CC.CC.CCCC. The fourth-order valence-corrected chi connectivity index (χ4v) is 0.466. The molecule has 0 heterocycles. The molecule has 0 atom stereocenters. The molecule has 0 aliphatic carbocycles. The molecule has 0 rings (SSSR count).